The predicted molar refractivity (Wildman–Crippen MR) is 79.1 cm³/mol. The van der Waals surface area contributed by atoms with E-state index in [1.807, 2.05) is 26.0 Å². The standard InChI is InChI=1S/C15H22N2O2S/c1-10-7-11(2)15(20(18,19)17-14-5-6-14)8-12(10)9-16-13-3-4-13/h7-8,13-14,16-17H,3-6,9H2,1-2H3. The fourth-order valence-corrected chi connectivity index (χ4v) is 3.96. The number of hydrogen-bond acceptors (Lipinski definition) is 3. The molecule has 0 radical (unpaired) electrons. The van der Waals surface area contributed by atoms with Crippen molar-refractivity contribution in [3.05, 3.63) is 28.8 Å². The predicted octanol–water partition coefficient (Wildman–Crippen LogP) is 2.00. The van der Waals surface area contributed by atoms with Crippen molar-refractivity contribution in [1.29, 1.82) is 0 Å². The van der Waals surface area contributed by atoms with E-state index in [0.717, 1.165) is 36.1 Å². The molecule has 2 N–H and O–H groups in total. The van der Waals surface area contributed by atoms with Crippen molar-refractivity contribution in [1.82, 2.24) is 10.0 Å². The van der Waals surface area contributed by atoms with Gasteiger partial charge in [0.05, 0.1) is 4.90 Å². The number of hydrogen-bond donors (Lipinski definition) is 2. The van der Waals surface area contributed by atoms with Crippen LogP contribution < -0.4 is 10.0 Å². The maximum Gasteiger partial charge on any atom is 0.241 e. The molecule has 0 spiro atoms. The van der Waals surface area contributed by atoms with Gasteiger partial charge in [-0.15, -0.1) is 0 Å². The van der Waals surface area contributed by atoms with Crippen LogP contribution in [0.5, 0.6) is 0 Å². The first-order valence-electron chi connectivity index (χ1n) is 7.31. The highest BCUT2D eigenvalue weighted by atomic mass is 32.2. The van der Waals surface area contributed by atoms with Crippen molar-refractivity contribution in [3.63, 3.8) is 0 Å². The van der Waals surface area contributed by atoms with Crippen molar-refractivity contribution in [2.45, 2.75) is 63.1 Å². The fraction of sp³-hybridized carbons (Fsp3) is 0.600. The van der Waals surface area contributed by atoms with Crippen LogP contribution in [-0.4, -0.2) is 20.5 Å². The van der Waals surface area contributed by atoms with Gasteiger partial charge in [-0.2, -0.15) is 0 Å². The highest BCUT2D eigenvalue weighted by Gasteiger charge is 2.29. The topological polar surface area (TPSA) is 58.2 Å². The van der Waals surface area contributed by atoms with E-state index in [4.69, 9.17) is 0 Å². The first-order valence-corrected chi connectivity index (χ1v) is 8.80. The molecule has 0 saturated heterocycles. The van der Waals surface area contributed by atoms with Gasteiger partial charge in [0, 0.05) is 18.6 Å². The van der Waals surface area contributed by atoms with E-state index in [2.05, 4.69) is 10.0 Å². The second kappa shape index (κ2) is 5.13. The number of aryl methyl sites for hydroxylation is 2. The summed E-state index contributed by atoms with van der Waals surface area (Å²) in [5, 5.41) is 3.45. The molecular formula is C15H22N2O2S. The second-order valence-electron chi connectivity index (χ2n) is 6.09. The molecule has 0 heterocycles. The average Bonchev–Trinajstić information content (AvgIpc) is 3.21. The van der Waals surface area contributed by atoms with Crippen molar-refractivity contribution in [2.24, 2.45) is 0 Å². The van der Waals surface area contributed by atoms with Gasteiger partial charge in [0.15, 0.2) is 0 Å². The largest absolute Gasteiger partial charge is 0.310 e. The number of benzene rings is 1. The molecule has 4 nitrogen and oxygen atoms in total. The molecule has 0 amide bonds. The normalized spacial score (nSPS) is 19.3. The third-order valence-corrected chi connectivity index (χ3v) is 5.64. The van der Waals surface area contributed by atoms with Crippen LogP contribution in [0.2, 0.25) is 0 Å². The number of nitrogens with one attached hydrogen (secondary N) is 2. The Morgan fingerprint density at radius 1 is 1.05 bits per heavy atom. The van der Waals surface area contributed by atoms with E-state index in [-0.39, 0.29) is 6.04 Å². The van der Waals surface area contributed by atoms with Crippen LogP contribution >= 0.6 is 0 Å². The van der Waals surface area contributed by atoms with Crippen LogP contribution in [-0.2, 0) is 16.6 Å². The van der Waals surface area contributed by atoms with Gasteiger partial charge in [-0.25, -0.2) is 13.1 Å². The minimum atomic E-state index is -3.37. The van der Waals surface area contributed by atoms with Crippen molar-refractivity contribution >= 4 is 10.0 Å². The van der Waals surface area contributed by atoms with Gasteiger partial charge in [-0.1, -0.05) is 6.07 Å². The molecule has 0 aliphatic heterocycles. The van der Waals surface area contributed by atoms with Gasteiger partial charge < -0.3 is 5.32 Å². The van der Waals surface area contributed by atoms with Crippen LogP contribution in [0.3, 0.4) is 0 Å². The molecule has 110 valence electrons. The average molecular weight is 294 g/mol. The quantitative estimate of drug-likeness (QED) is 0.843. The van der Waals surface area contributed by atoms with Gasteiger partial charge in [-0.05, 0) is 62.3 Å². The molecule has 2 aliphatic rings. The summed E-state index contributed by atoms with van der Waals surface area (Å²) in [5.74, 6) is 0. The molecular weight excluding hydrogens is 272 g/mol. The van der Waals surface area contributed by atoms with Gasteiger partial charge in [-0.3, -0.25) is 0 Å². The van der Waals surface area contributed by atoms with E-state index < -0.39 is 10.0 Å². The summed E-state index contributed by atoms with van der Waals surface area (Å²) in [6.07, 6.45) is 4.39. The molecule has 0 atom stereocenters. The number of sulfonamides is 1. The third kappa shape index (κ3) is 3.22. The summed E-state index contributed by atoms with van der Waals surface area (Å²) in [5.41, 5.74) is 3.06. The van der Waals surface area contributed by atoms with Crippen molar-refractivity contribution in [3.8, 4) is 0 Å². The molecule has 0 bridgehead atoms. The Bertz CT molecular complexity index is 617. The molecule has 2 aliphatic carbocycles. The maximum absolute atomic E-state index is 12.4. The van der Waals surface area contributed by atoms with Gasteiger partial charge >= 0.3 is 0 Å². The molecule has 0 unspecified atom stereocenters. The Balaban J connectivity index is 1.86. The van der Waals surface area contributed by atoms with Crippen LogP contribution in [0, 0.1) is 13.8 Å². The first kappa shape index (κ1) is 14.0. The van der Waals surface area contributed by atoms with Crippen molar-refractivity contribution < 1.29 is 8.42 Å². The summed E-state index contributed by atoms with van der Waals surface area (Å²) in [4.78, 5) is 0.433. The lowest BCUT2D eigenvalue weighted by Crippen LogP contribution is -2.27. The smallest absolute Gasteiger partial charge is 0.241 e. The number of rotatable bonds is 6. The second-order valence-corrected chi connectivity index (χ2v) is 7.78. The van der Waals surface area contributed by atoms with Crippen LogP contribution in [0.4, 0.5) is 0 Å². The molecule has 1 aromatic carbocycles. The molecule has 5 heteroatoms. The summed E-state index contributed by atoms with van der Waals surface area (Å²) in [6.45, 7) is 4.66. The summed E-state index contributed by atoms with van der Waals surface area (Å²) >= 11 is 0. The Kier molecular flexibility index (Phi) is 3.60. The Labute approximate surface area is 121 Å². The minimum absolute atomic E-state index is 0.147. The summed E-state index contributed by atoms with van der Waals surface area (Å²) in [7, 11) is -3.37. The van der Waals surface area contributed by atoms with Gasteiger partial charge in [0.1, 0.15) is 0 Å². The highest BCUT2D eigenvalue weighted by Crippen LogP contribution is 2.26. The monoisotopic (exact) mass is 294 g/mol. The Morgan fingerprint density at radius 3 is 2.30 bits per heavy atom. The van der Waals surface area contributed by atoms with E-state index in [9.17, 15) is 8.42 Å². The van der Waals surface area contributed by atoms with Crippen LogP contribution in [0.1, 0.15) is 42.4 Å². The van der Waals surface area contributed by atoms with E-state index in [0.29, 0.717) is 10.9 Å². The molecule has 20 heavy (non-hydrogen) atoms. The Morgan fingerprint density at radius 2 is 1.70 bits per heavy atom. The maximum atomic E-state index is 12.4. The molecule has 2 saturated carbocycles. The highest BCUT2D eigenvalue weighted by molar-refractivity contribution is 7.89. The van der Waals surface area contributed by atoms with E-state index in [1.54, 1.807) is 0 Å². The zero-order valence-corrected chi connectivity index (χ0v) is 12.9. The first-order chi connectivity index (χ1) is 9.45. The van der Waals surface area contributed by atoms with Crippen LogP contribution in [0.15, 0.2) is 17.0 Å². The SMILES string of the molecule is Cc1cc(C)c(S(=O)(=O)NC2CC2)cc1CNC1CC1. The molecule has 3 rings (SSSR count). The lowest BCUT2D eigenvalue weighted by molar-refractivity contribution is 0.580. The van der Waals surface area contributed by atoms with Gasteiger partial charge in [0.2, 0.25) is 10.0 Å². The van der Waals surface area contributed by atoms with Gasteiger partial charge in [0.25, 0.3) is 0 Å². The third-order valence-electron chi connectivity index (χ3n) is 3.98. The lowest BCUT2D eigenvalue weighted by Gasteiger charge is -2.14. The zero-order valence-electron chi connectivity index (χ0n) is 12.1. The lowest BCUT2D eigenvalue weighted by atomic mass is 10.1. The zero-order chi connectivity index (χ0) is 14.3. The Hall–Kier alpha value is -0.910. The van der Waals surface area contributed by atoms with Crippen LogP contribution in [0.25, 0.3) is 0 Å². The molecule has 2 fully saturated rings. The summed E-state index contributed by atoms with van der Waals surface area (Å²) in [6, 6.07) is 4.59. The van der Waals surface area contributed by atoms with E-state index in [1.165, 1.54) is 12.8 Å². The molecule has 1 aromatic rings. The summed E-state index contributed by atoms with van der Waals surface area (Å²) < 4.78 is 27.5. The van der Waals surface area contributed by atoms with Crippen molar-refractivity contribution in [2.75, 3.05) is 0 Å². The fourth-order valence-electron chi connectivity index (χ4n) is 2.38. The minimum Gasteiger partial charge on any atom is -0.310 e. The molecule has 0 aromatic heterocycles. The van der Waals surface area contributed by atoms with E-state index >= 15 is 0 Å².